The number of pyridine rings is 1. The zero-order valence-corrected chi connectivity index (χ0v) is 9.88. The van der Waals surface area contributed by atoms with Crippen LogP contribution in [0, 0.1) is 10.1 Å². The average Bonchev–Trinajstić information content (AvgIpc) is 2.34. The highest BCUT2D eigenvalue weighted by molar-refractivity contribution is 5.98. The van der Waals surface area contributed by atoms with Gasteiger partial charge in [0.15, 0.2) is 0 Å². The Hall–Kier alpha value is -2.22. The van der Waals surface area contributed by atoms with Gasteiger partial charge in [-0.3, -0.25) is 14.9 Å². The van der Waals surface area contributed by atoms with Crippen LogP contribution in [0.15, 0.2) is 12.3 Å². The molecule has 8 heteroatoms. The maximum absolute atomic E-state index is 11.7. The molecule has 0 aliphatic rings. The van der Waals surface area contributed by atoms with Crippen molar-refractivity contribution in [3.63, 3.8) is 0 Å². The summed E-state index contributed by atoms with van der Waals surface area (Å²) in [5, 5.41) is 13.1. The van der Waals surface area contributed by atoms with E-state index in [2.05, 4.69) is 10.3 Å². The number of amides is 1. The maximum Gasteiger partial charge on any atom is 0.288 e. The zero-order valence-electron chi connectivity index (χ0n) is 9.88. The predicted molar refractivity (Wildman–Crippen MR) is 64.1 cm³/mol. The molecule has 1 aromatic rings. The summed E-state index contributed by atoms with van der Waals surface area (Å²) in [6.07, 6.45) is 1.01. The molecule has 1 amide bonds. The monoisotopic (exact) mass is 254 g/mol. The van der Waals surface area contributed by atoms with Gasteiger partial charge in [-0.25, -0.2) is 4.98 Å². The van der Waals surface area contributed by atoms with Crippen LogP contribution >= 0.6 is 0 Å². The van der Waals surface area contributed by atoms with E-state index in [1.54, 1.807) is 0 Å². The van der Waals surface area contributed by atoms with E-state index in [4.69, 9.17) is 10.5 Å². The highest BCUT2D eigenvalue weighted by Crippen LogP contribution is 2.16. The van der Waals surface area contributed by atoms with Crippen LogP contribution in [0.5, 0.6) is 0 Å². The van der Waals surface area contributed by atoms with E-state index in [0.717, 1.165) is 12.3 Å². The number of carbonyl (C=O) groups is 1. The van der Waals surface area contributed by atoms with Crippen molar-refractivity contribution in [2.75, 3.05) is 25.5 Å². The molecule has 0 bridgehead atoms. The number of nitrogens with two attached hydrogens (primary N) is 1. The minimum Gasteiger partial charge on any atom is -0.383 e. The second-order valence-corrected chi connectivity index (χ2v) is 3.34. The summed E-state index contributed by atoms with van der Waals surface area (Å²) in [6.45, 7) is 3.06. The molecule has 1 rings (SSSR count). The third-order valence-corrected chi connectivity index (χ3v) is 2.10. The van der Waals surface area contributed by atoms with Crippen LogP contribution in [0.3, 0.4) is 0 Å². The third-order valence-electron chi connectivity index (χ3n) is 2.10. The van der Waals surface area contributed by atoms with Gasteiger partial charge in [0.2, 0.25) is 0 Å². The second-order valence-electron chi connectivity index (χ2n) is 3.34. The number of aromatic nitrogens is 1. The summed E-state index contributed by atoms with van der Waals surface area (Å²) in [5.74, 6) is -0.557. The average molecular weight is 254 g/mol. The molecule has 0 fully saturated rings. The first-order valence-corrected chi connectivity index (χ1v) is 5.32. The number of rotatable bonds is 6. The Balaban J connectivity index is 2.72. The maximum atomic E-state index is 11.7. The summed E-state index contributed by atoms with van der Waals surface area (Å²) in [6, 6.07) is 1.10. The number of nitrogen functional groups attached to an aromatic ring is 1. The number of ether oxygens (including phenoxy) is 1. The van der Waals surface area contributed by atoms with Crippen molar-refractivity contribution in [2.45, 2.75) is 6.92 Å². The predicted octanol–water partition coefficient (Wildman–Crippen LogP) is 0.338. The van der Waals surface area contributed by atoms with Gasteiger partial charge in [0, 0.05) is 19.2 Å². The van der Waals surface area contributed by atoms with Crippen molar-refractivity contribution in [3.05, 3.63) is 27.9 Å². The Kier molecular flexibility index (Phi) is 5.00. The molecule has 1 heterocycles. The Morgan fingerprint density at radius 2 is 2.39 bits per heavy atom. The highest BCUT2D eigenvalue weighted by Gasteiger charge is 2.16. The van der Waals surface area contributed by atoms with E-state index in [0.29, 0.717) is 19.8 Å². The summed E-state index contributed by atoms with van der Waals surface area (Å²) >= 11 is 0. The molecule has 0 atom stereocenters. The van der Waals surface area contributed by atoms with Gasteiger partial charge in [0.05, 0.1) is 17.1 Å². The van der Waals surface area contributed by atoms with Gasteiger partial charge in [-0.15, -0.1) is 0 Å². The molecule has 0 aliphatic carbocycles. The van der Waals surface area contributed by atoms with Gasteiger partial charge in [0.1, 0.15) is 12.0 Å². The number of nitrogens with zero attached hydrogens (tertiary/aromatic N) is 2. The molecule has 0 spiro atoms. The van der Waals surface area contributed by atoms with E-state index in [1.807, 2.05) is 6.92 Å². The lowest BCUT2D eigenvalue weighted by molar-refractivity contribution is -0.385. The molecule has 3 N–H and O–H groups in total. The Labute approximate surface area is 103 Å². The van der Waals surface area contributed by atoms with E-state index in [9.17, 15) is 14.9 Å². The topological polar surface area (TPSA) is 120 Å². The lowest BCUT2D eigenvalue weighted by Gasteiger charge is -2.06. The van der Waals surface area contributed by atoms with Crippen molar-refractivity contribution in [2.24, 2.45) is 0 Å². The van der Waals surface area contributed by atoms with Crippen molar-refractivity contribution in [1.29, 1.82) is 0 Å². The third kappa shape index (κ3) is 3.67. The normalized spacial score (nSPS) is 10.1. The van der Waals surface area contributed by atoms with Crippen LogP contribution in [0.25, 0.3) is 0 Å². The standard InChI is InChI=1S/C10H14N4O4/c1-2-18-4-3-12-10(15)8-5-7(14(16)17)6-13-9(8)11/h5-6H,2-4H2,1H3,(H2,11,13)(H,12,15). The first-order valence-electron chi connectivity index (χ1n) is 5.32. The Morgan fingerprint density at radius 1 is 1.67 bits per heavy atom. The first kappa shape index (κ1) is 13.8. The zero-order chi connectivity index (χ0) is 13.5. The van der Waals surface area contributed by atoms with E-state index >= 15 is 0 Å². The fraction of sp³-hybridized carbons (Fsp3) is 0.400. The lowest BCUT2D eigenvalue weighted by atomic mass is 10.2. The second kappa shape index (κ2) is 6.50. The van der Waals surface area contributed by atoms with Crippen LogP contribution < -0.4 is 11.1 Å². The molecule has 1 aromatic heterocycles. The number of nitro groups is 1. The lowest BCUT2D eigenvalue weighted by Crippen LogP contribution is -2.28. The van der Waals surface area contributed by atoms with E-state index in [-0.39, 0.29) is 17.1 Å². The van der Waals surface area contributed by atoms with Crippen LogP contribution in [-0.4, -0.2) is 35.6 Å². The van der Waals surface area contributed by atoms with E-state index in [1.165, 1.54) is 0 Å². The summed E-state index contributed by atoms with van der Waals surface area (Å²) in [5.41, 5.74) is 5.20. The van der Waals surface area contributed by atoms with Gasteiger partial charge < -0.3 is 15.8 Å². The van der Waals surface area contributed by atoms with Gasteiger partial charge >= 0.3 is 0 Å². The molecule has 0 radical (unpaired) electrons. The van der Waals surface area contributed by atoms with Crippen LogP contribution in [0.1, 0.15) is 17.3 Å². The minimum absolute atomic E-state index is 0.0132. The van der Waals surface area contributed by atoms with Gasteiger partial charge in [-0.05, 0) is 6.92 Å². The number of nitrogens with one attached hydrogen (secondary N) is 1. The molecule has 0 aliphatic heterocycles. The molecule has 0 saturated carbocycles. The Morgan fingerprint density at radius 3 is 3.00 bits per heavy atom. The SMILES string of the molecule is CCOCCNC(=O)c1cc([N+](=O)[O-])cnc1N. The summed E-state index contributed by atoms with van der Waals surface area (Å²) < 4.78 is 5.04. The summed E-state index contributed by atoms with van der Waals surface area (Å²) in [7, 11) is 0. The number of hydrogen-bond acceptors (Lipinski definition) is 6. The number of hydrogen-bond donors (Lipinski definition) is 2. The smallest absolute Gasteiger partial charge is 0.288 e. The Bertz CT molecular complexity index is 450. The minimum atomic E-state index is -0.636. The number of carbonyl (C=O) groups excluding carboxylic acids is 1. The number of anilines is 1. The summed E-state index contributed by atoms with van der Waals surface area (Å²) in [4.78, 5) is 25.2. The van der Waals surface area contributed by atoms with Gasteiger partial charge in [0.25, 0.3) is 11.6 Å². The van der Waals surface area contributed by atoms with Crippen LogP contribution in [0.4, 0.5) is 11.5 Å². The van der Waals surface area contributed by atoms with Crippen molar-refractivity contribution in [1.82, 2.24) is 10.3 Å². The quantitative estimate of drug-likeness (QED) is 0.429. The van der Waals surface area contributed by atoms with Crippen molar-refractivity contribution < 1.29 is 14.5 Å². The van der Waals surface area contributed by atoms with Crippen molar-refractivity contribution in [3.8, 4) is 0 Å². The van der Waals surface area contributed by atoms with Crippen molar-refractivity contribution >= 4 is 17.4 Å². The fourth-order valence-corrected chi connectivity index (χ4v) is 1.22. The highest BCUT2D eigenvalue weighted by atomic mass is 16.6. The van der Waals surface area contributed by atoms with Crippen LogP contribution in [-0.2, 0) is 4.74 Å². The molecule has 98 valence electrons. The largest absolute Gasteiger partial charge is 0.383 e. The molecule has 18 heavy (non-hydrogen) atoms. The first-order chi connectivity index (χ1) is 8.56. The van der Waals surface area contributed by atoms with Gasteiger partial charge in [-0.1, -0.05) is 0 Å². The molecular weight excluding hydrogens is 240 g/mol. The van der Waals surface area contributed by atoms with Crippen LogP contribution in [0.2, 0.25) is 0 Å². The van der Waals surface area contributed by atoms with E-state index < -0.39 is 10.8 Å². The molecule has 0 aromatic carbocycles. The molecule has 0 unspecified atom stereocenters. The molecule has 8 nitrogen and oxygen atoms in total. The van der Waals surface area contributed by atoms with Gasteiger partial charge in [-0.2, -0.15) is 0 Å². The molecule has 0 saturated heterocycles. The molecular formula is C10H14N4O4. The fourth-order valence-electron chi connectivity index (χ4n) is 1.22.